The van der Waals surface area contributed by atoms with E-state index in [9.17, 15) is 4.79 Å². The Hall–Kier alpha value is -0.940. The Labute approximate surface area is 106 Å². The van der Waals surface area contributed by atoms with Crippen molar-refractivity contribution in [3.05, 3.63) is 16.1 Å². The van der Waals surface area contributed by atoms with Crippen LogP contribution in [0.1, 0.15) is 30.0 Å². The second-order valence-corrected chi connectivity index (χ2v) is 5.62. The highest BCUT2D eigenvalue weighted by Gasteiger charge is 2.23. The number of amides is 1. The number of aromatic nitrogens is 1. The predicted molar refractivity (Wildman–Crippen MR) is 69.0 cm³/mol. The van der Waals surface area contributed by atoms with E-state index in [0.29, 0.717) is 6.54 Å². The van der Waals surface area contributed by atoms with Gasteiger partial charge in [0.15, 0.2) is 0 Å². The summed E-state index contributed by atoms with van der Waals surface area (Å²) in [6.45, 7) is 3.56. The Bertz CT molecular complexity index is 385. The van der Waals surface area contributed by atoms with Gasteiger partial charge in [0.2, 0.25) is 5.91 Å². The van der Waals surface area contributed by atoms with Crippen molar-refractivity contribution in [3.8, 4) is 0 Å². The fraction of sp³-hybridized carbons (Fsp3) is 0.667. The van der Waals surface area contributed by atoms with Crippen molar-refractivity contribution in [2.75, 3.05) is 13.6 Å². The van der Waals surface area contributed by atoms with Gasteiger partial charge in [0.05, 0.1) is 23.3 Å². The molecular weight excluding hydrogens is 234 g/mol. The van der Waals surface area contributed by atoms with Crippen LogP contribution in [0, 0.1) is 6.92 Å². The molecule has 17 heavy (non-hydrogen) atoms. The van der Waals surface area contributed by atoms with Crippen LogP contribution in [0.3, 0.4) is 0 Å². The normalized spacial score (nSPS) is 20.2. The molecule has 0 saturated carbocycles. The van der Waals surface area contributed by atoms with Gasteiger partial charge in [0.1, 0.15) is 0 Å². The van der Waals surface area contributed by atoms with E-state index < -0.39 is 0 Å². The second-order valence-electron chi connectivity index (χ2n) is 4.55. The third-order valence-electron chi connectivity index (χ3n) is 3.05. The van der Waals surface area contributed by atoms with Crippen LogP contribution >= 0.6 is 11.3 Å². The lowest BCUT2D eigenvalue weighted by Crippen LogP contribution is -2.47. The summed E-state index contributed by atoms with van der Waals surface area (Å²) in [5, 5.41) is 6.36. The van der Waals surface area contributed by atoms with Gasteiger partial charge in [-0.25, -0.2) is 4.98 Å². The second kappa shape index (κ2) is 5.60. The third-order valence-corrected chi connectivity index (χ3v) is 3.87. The first-order valence-corrected chi connectivity index (χ1v) is 6.94. The number of aryl methyl sites for hydroxylation is 1. The molecule has 0 radical (unpaired) electrons. The van der Waals surface area contributed by atoms with E-state index in [0.717, 1.165) is 30.1 Å². The van der Waals surface area contributed by atoms with Crippen molar-refractivity contribution < 1.29 is 4.79 Å². The Balaban J connectivity index is 1.90. The minimum atomic E-state index is 0.00785. The lowest BCUT2D eigenvalue weighted by Gasteiger charge is -2.27. The number of thiazole rings is 1. The molecule has 1 unspecified atom stereocenters. The van der Waals surface area contributed by atoms with Crippen LogP contribution in [0.25, 0.3) is 0 Å². The molecule has 0 bridgehead atoms. The standard InChI is InChI=1S/C12H19N3OS/c1-9-14-10(8-17-9)7-15(2)12(16)11-5-3-4-6-13-11/h8,11,13H,3-7H2,1-2H3. The first kappa shape index (κ1) is 12.5. The maximum Gasteiger partial charge on any atom is 0.239 e. The lowest BCUT2D eigenvalue weighted by atomic mass is 10.0. The van der Waals surface area contributed by atoms with Crippen molar-refractivity contribution in [1.29, 1.82) is 0 Å². The van der Waals surface area contributed by atoms with E-state index in [2.05, 4.69) is 10.3 Å². The summed E-state index contributed by atoms with van der Waals surface area (Å²) in [6.07, 6.45) is 3.28. The molecule has 94 valence electrons. The summed E-state index contributed by atoms with van der Waals surface area (Å²) in [7, 11) is 1.85. The number of carbonyl (C=O) groups is 1. The van der Waals surface area contributed by atoms with Gasteiger partial charge >= 0.3 is 0 Å². The Morgan fingerprint density at radius 1 is 1.65 bits per heavy atom. The zero-order chi connectivity index (χ0) is 12.3. The topological polar surface area (TPSA) is 45.2 Å². The van der Waals surface area contributed by atoms with Crippen LogP contribution in [0.2, 0.25) is 0 Å². The number of piperidine rings is 1. The minimum Gasteiger partial charge on any atom is -0.338 e. The summed E-state index contributed by atoms with van der Waals surface area (Å²) in [6, 6.07) is 0.00785. The molecule has 1 atom stereocenters. The first-order valence-electron chi connectivity index (χ1n) is 6.06. The molecule has 4 nitrogen and oxygen atoms in total. The monoisotopic (exact) mass is 253 g/mol. The Morgan fingerprint density at radius 3 is 3.06 bits per heavy atom. The van der Waals surface area contributed by atoms with Crippen LogP contribution in [-0.4, -0.2) is 35.4 Å². The molecule has 1 aromatic rings. The summed E-state index contributed by atoms with van der Waals surface area (Å²) in [5.41, 5.74) is 0.985. The average Bonchev–Trinajstić information content (AvgIpc) is 2.75. The van der Waals surface area contributed by atoms with E-state index in [4.69, 9.17) is 0 Å². The van der Waals surface area contributed by atoms with Gasteiger partial charge < -0.3 is 10.2 Å². The number of hydrogen-bond donors (Lipinski definition) is 1. The molecule has 1 aliphatic heterocycles. The highest BCUT2D eigenvalue weighted by molar-refractivity contribution is 7.09. The zero-order valence-electron chi connectivity index (χ0n) is 10.4. The Kier molecular flexibility index (Phi) is 4.12. The van der Waals surface area contributed by atoms with Crippen molar-refractivity contribution in [1.82, 2.24) is 15.2 Å². The number of rotatable bonds is 3. The van der Waals surface area contributed by atoms with Gasteiger partial charge in [0.25, 0.3) is 0 Å². The van der Waals surface area contributed by atoms with Crippen LogP contribution in [0.15, 0.2) is 5.38 Å². The quantitative estimate of drug-likeness (QED) is 0.889. The van der Waals surface area contributed by atoms with Crippen LogP contribution in [-0.2, 0) is 11.3 Å². The smallest absolute Gasteiger partial charge is 0.239 e. The van der Waals surface area contributed by atoms with Crippen molar-refractivity contribution in [2.24, 2.45) is 0 Å². The number of likely N-dealkylation sites (N-methyl/N-ethyl adjacent to an activating group) is 1. The predicted octanol–water partition coefficient (Wildman–Crippen LogP) is 1.55. The van der Waals surface area contributed by atoms with Crippen LogP contribution < -0.4 is 5.32 Å². The fourth-order valence-electron chi connectivity index (χ4n) is 2.13. The molecule has 1 aromatic heterocycles. The molecule has 0 spiro atoms. The molecular formula is C12H19N3OS. The minimum absolute atomic E-state index is 0.00785. The molecule has 1 fully saturated rings. The number of nitrogens with one attached hydrogen (secondary N) is 1. The first-order chi connectivity index (χ1) is 8.16. The highest BCUT2D eigenvalue weighted by atomic mass is 32.1. The molecule has 0 aromatic carbocycles. The van der Waals surface area contributed by atoms with Crippen molar-refractivity contribution >= 4 is 17.2 Å². The molecule has 1 amide bonds. The maximum atomic E-state index is 12.1. The zero-order valence-corrected chi connectivity index (χ0v) is 11.2. The van der Waals surface area contributed by atoms with E-state index in [1.807, 2.05) is 19.4 Å². The van der Waals surface area contributed by atoms with E-state index in [-0.39, 0.29) is 11.9 Å². The molecule has 2 heterocycles. The molecule has 0 aliphatic carbocycles. The van der Waals surface area contributed by atoms with Gasteiger partial charge in [-0.1, -0.05) is 6.42 Å². The average molecular weight is 253 g/mol. The van der Waals surface area contributed by atoms with Gasteiger partial charge in [0, 0.05) is 12.4 Å². The molecule has 5 heteroatoms. The largest absolute Gasteiger partial charge is 0.338 e. The number of hydrogen-bond acceptors (Lipinski definition) is 4. The highest BCUT2D eigenvalue weighted by Crippen LogP contribution is 2.13. The van der Waals surface area contributed by atoms with E-state index in [1.54, 1.807) is 16.2 Å². The van der Waals surface area contributed by atoms with Crippen molar-refractivity contribution in [3.63, 3.8) is 0 Å². The van der Waals surface area contributed by atoms with Gasteiger partial charge in [-0.15, -0.1) is 11.3 Å². The maximum absolute atomic E-state index is 12.1. The van der Waals surface area contributed by atoms with Crippen molar-refractivity contribution in [2.45, 2.75) is 38.8 Å². The molecule has 1 aliphatic rings. The SMILES string of the molecule is Cc1nc(CN(C)C(=O)C2CCCCN2)cs1. The number of nitrogens with zero attached hydrogens (tertiary/aromatic N) is 2. The van der Waals surface area contributed by atoms with Gasteiger partial charge in [-0.3, -0.25) is 4.79 Å². The summed E-state index contributed by atoms with van der Waals surface area (Å²) in [4.78, 5) is 18.3. The fourth-order valence-corrected chi connectivity index (χ4v) is 2.73. The van der Waals surface area contributed by atoms with Crippen LogP contribution in [0.5, 0.6) is 0 Å². The number of carbonyl (C=O) groups excluding carboxylic acids is 1. The molecule has 1 N–H and O–H groups in total. The van der Waals surface area contributed by atoms with Gasteiger partial charge in [-0.2, -0.15) is 0 Å². The molecule has 2 rings (SSSR count). The lowest BCUT2D eigenvalue weighted by molar-refractivity contribution is -0.133. The summed E-state index contributed by atoms with van der Waals surface area (Å²) in [5.74, 6) is 0.190. The Morgan fingerprint density at radius 2 is 2.47 bits per heavy atom. The summed E-state index contributed by atoms with van der Waals surface area (Å²) < 4.78 is 0. The summed E-state index contributed by atoms with van der Waals surface area (Å²) >= 11 is 1.63. The van der Waals surface area contributed by atoms with Crippen LogP contribution in [0.4, 0.5) is 0 Å². The third kappa shape index (κ3) is 3.26. The van der Waals surface area contributed by atoms with E-state index >= 15 is 0 Å². The van der Waals surface area contributed by atoms with E-state index in [1.165, 1.54) is 6.42 Å². The van der Waals surface area contributed by atoms with Gasteiger partial charge in [-0.05, 0) is 26.3 Å². The molecule has 1 saturated heterocycles.